The fraction of sp³-hybridized carbons (Fsp3) is 0.273. The molecule has 1 unspecified atom stereocenters. The minimum absolute atomic E-state index is 0.0530. The van der Waals surface area contributed by atoms with Crippen LogP contribution >= 0.6 is 11.3 Å². The fourth-order valence-electron chi connectivity index (χ4n) is 3.67. The number of nitrogens with zero attached hydrogens (tertiary/aromatic N) is 3. The van der Waals surface area contributed by atoms with E-state index in [4.69, 9.17) is 9.47 Å². The van der Waals surface area contributed by atoms with E-state index in [1.807, 2.05) is 32.0 Å². The van der Waals surface area contributed by atoms with Crippen molar-refractivity contribution in [1.29, 1.82) is 0 Å². The van der Waals surface area contributed by atoms with Crippen molar-refractivity contribution >= 4 is 34.0 Å². The number of aryl methyl sites for hydroxylation is 2. The first kappa shape index (κ1) is 19.5. The molecular formula is C22H20N4O4S. The molecule has 9 heteroatoms. The highest BCUT2D eigenvalue weighted by Crippen LogP contribution is 2.35. The van der Waals surface area contributed by atoms with Crippen molar-refractivity contribution < 1.29 is 19.1 Å². The van der Waals surface area contributed by atoms with E-state index in [2.05, 4.69) is 15.5 Å². The van der Waals surface area contributed by atoms with Crippen molar-refractivity contribution in [1.82, 2.24) is 10.2 Å². The van der Waals surface area contributed by atoms with Gasteiger partial charge in [0.2, 0.25) is 17.8 Å². The number of benzene rings is 2. The first-order valence-corrected chi connectivity index (χ1v) is 10.7. The third-order valence-electron chi connectivity index (χ3n) is 5.57. The molecule has 0 spiro atoms. The Morgan fingerprint density at radius 3 is 2.77 bits per heavy atom. The Labute approximate surface area is 182 Å². The lowest BCUT2D eigenvalue weighted by Crippen LogP contribution is -2.24. The molecule has 2 aliphatic heterocycles. The summed E-state index contributed by atoms with van der Waals surface area (Å²) in [6.07, 6.45) is 0.373. The van der Waals surface area contributed by atoms with Crippen molar-refractivity contribution in [2.24, 2.45) is 0 Å². The van der Waals surface area contributed by atoms with Crippen LogP contribution in [0.1, 0.15) is 38.8 Å². The van der Waals surface area contributed by atoms with E-state index in [1.165, 1.54) is 16.9 Å². The van der Waals surface area contributed by atoms with E-state index in [1.54, 1.807) is 23.1 Å². The van der Waals surface area contributed by atoms with Crippen LogP contribution < -0.4 is 19.7 Å². The number of carbonyl (C=O) groups is 2. The zero-order valence-corrected chi connectivity index (χ0v) is 17.9. The Bertz CT molecular complexity index is 1190. The average Bonchev–Trinajstić information content (AvgIpc) is 3.49. The smallest absolute Gasteiger partial charge is 0.257 e. The molecule has 1 N–H and O–H groups in total. The standard InChI is InChI=1S/C22H20N4O4S/c1-12-3-5-16(7-13(12)2)26-10-15(9-19(26)27)21-24-25-22(31-21)23-20(28)14-4-6-17-18(8-14)30-11-29-17/h3-8,15H,9-11H2,1-2H3,(H,23,25,28). The van der Waals surface area contributed by atoms with Gasteiger partial charge in [-0.2, -0.15) is 0 Å². The van der Waals surface area contributed by atoms with Crippen molar-refractivity contribution in [3.63, 3.8) is 0 Å². The van der Waals surface area contributed by atoms with Gasteiger partial charge in [-0.3, -0.25) is 14.9 Å². The molecule has 8 nitrogen and oxygen atoms in total. The van der Waals surface area contributed by atoms with Crippen LogP contribution in [-0.2, 0) is 4.79 Å². The molecule has 2 amide bonds. The summed E-state index contributed by atoms with van der Waals surface area (Å²) in [5.74, 6) is 0.868. The van der Waals surface area contributed by atoms with Gasteiger partial charge < -0.3 is 14.4 Å². The van der Waals surface area contributed by atoms with Crippen molar-refractivity contribution in [2.75, 3.05) is 23.6 Å². The van der Waals surface area contributed by atoms with E-state index in [9.17, 15) is 9.59 Å². The molecule has 5 rings (SSSR count). The van der Waals surface area contributed by atoms with Crippen LogP contribution in [-0.4, -0.2) is 35.3 Å². The van der Waals surface area contributed by atoms with Gasteiger partial charge in [-0.15, -0.1) is 10.2 Å². The summed E-state index contributed by atoms with van der Waals surface area (Å²) in [5.41, 5.74) is 3.69. The van der Waals surface area contributed by atoms with E-state index < -0.39 is 0 Å². The summed E-state index contributed by atoms with van der Waals surface area (Å²) in [6, 6.07) is 11.0. The van der Waals surface area contributed by atoms with Crippen LogP contribution in [0.5, 0.6) is 11.5 Å². The topological polar surface area (TPSA) is 93.7 Å². The number of hydrogen-bond donors (Lipinski definition) is 1. The van der Waals surface area contributed by atoms with Crippen LogP contribution in [0, 0.1) is 13.8 Å². The van der Waals surface area contributed by atoms with Gasteiger partial charge in [0.05, 0.1) is 0 Å². The predicted octanol–water partition coefficient (Wildman–Crippen LogP) is 3.66. The van der Waals surface area contributed by atoms with Gasteiger partial charge in [0, 0.05) is 30.1 Å². The largest absolute Gasteiger partial charge is 0.454 e. The normalized spacial score (nSPS) is 17.3. The zero-order chi connectivity index (χ0) is 21.5. The fourth-order valence-corrected chi connectivity index (χ4v) is 4.50. The van der Waals surface area contributed by atoms with E-state index in [0.29, 0.717) is 35.2 Å². The number of rotatable bonds is 4. The van der Waals surface area contributed by atoms with Gasteiger partial charge in [-0.05, 0) is 55.3 Å². The second-order valence-electron chi connectivity index (χ2n) is 7.64. The highest BCUT2D eigenvalue weighted by molar-refractivity contribution is 7.15. The SMILES string of the molecule is Cc1ccc(N2CC(c3nnc(NC(=O)c4ccc5c(c4)OCO5)s3)CC2=O)cc1C. The molecule has 1 saturated heterocycles. The number of carbonyl (C=O) groups excluding carboxylic acids is 2. The summed E-state index contributed by atoms with van der Waals surface area (Å²) >= 11 is 1.29. The van der Waals surface area contributed by atoms with Gasteiger partial charge in [-0.1, -0.05) is 17.4 Å². The van der Waals surface area contributed by atoms with Gasteiger partial charge in [0.25, 0.3) is 5.91 Å². The number of ether oxygens (including phenoxy) is 2. The quantitative estimate of drug-likeness (QED) is 0.671. The van der Waals surface area contributed by atoms with Gasteiger partial charge in [-0.25, -0.2) is 0 Å². The lowest BCUT2D eigenvalue weighted by atomic mass is 10.1. The van der Waals surface area contributed by atoms with Crippen molar-refractivity contribution in [2.45, 2.75) is 26.2 Å². The maximum Gasteiger partial charge on any atom is 0.257 e. The summed E-state index contributed by atoms with van der Waals surface area (Å²) in [5, 5.41) is 12.2. The second kappa shape index (κ2) is 7.66. The first-order chi connectivity index (χ1) is 15.0. The van der Waals surface area contributed by atoms with Gasteiger partial charge in [0.1, 0.15) is 5.01 Å². The molecule has 31 heavy (non-hydrogen) atoms. The van der Waals surface area contributed by atoms with E-state index in [0.717, 1.165) is 16.3 Å². The number of fused-ring (bicyclic) bond motifs is 1. The lowest BCUT2D eigenvalue weighted by molar-refractivity contribution is -0.117. The minimum atomic E-state index is -0.305. The minimum Gasteiger partial charge on any atom is -0.454 e. The van der Waals surface area contributed by atoms with E-state index >= 15 is 0 Å². The average molecular weight is 436 g/mol. The first-order valence-electron chi connectivity index (χ1n) is 9.90. The lowest BCUT2D eigenvalue weighted by Gasteiger charge is -2.17. The molecule has 2 aliphatic rings. The second-order valence-corrected chi connectivity index (χ2v) is 8.65. The number of hydrogen-bond acceptors (Lipinski definition) is 7. The van der Waals surface area contributed by atoms with Crippen molar-refractivity contribution in [3.05, 3.63) is 58.1 Å². The maximum atomic E-state index is 12.6. The van der Waals surface area contributed by atoms with Crippen LogP contribution in [0.25, 0.3) is 0 Å². The number of aromatic nitrogens is 2. The Balaban J connectivity index is 1.28. The molecule has 1 fully saturated rings. The molecule has 1 atom stereocenters. The Kier molecular flexibility index (Phi) is 4.82. The molecule has 158 valence electrons. The highest BCUT2D eigenvalue weighted by atomic mass is 32.1. The Morgan fingerprint density at radius 2 is 1.94 bits per heavy atom. The number of amides is 2. The Hall–Kier alpha value is -3.46. The number of nitrogens with one attached hydrogen (secondary N) is 1. The predicted molar refractivity (Wildman–Crippen MR) is 116 cm³/mol. The molecule has 0 radical (unpaired) electrons. The number of anilines is 2. The van der Waals surface area contributed by atoms with Crippen molar-refractivity contribution in [3.8, 4) is 11.5 Å². The molecule has 2 aromatic carbocycles. The molecule has 1 aromatic heterocycles. The Morgan fingerprint density at radius 1 is 1.10 bits per heavy atom. The maximum absolute atomic E-state index is 12.6. The summed E-state index contributed by atoms with van der Waals surface area (Å²) in [6.45, 7) is 4.79. The van der Waals surface area contributed by atoms with Crippen LogP contribution in [0.2, 0.25) is 0 Å². The summed E-state index contributed by atoms with van der Waals surface area (Å²) in [4.78, 5) is 27.0. The van der Waals surface area contributed by atoms with Crippen LogP contribution in [0.15, 0.2) is 36.4 Å². The third-order valence-corrected chi connectivity index (χ3v) is 6.57. The highest BCUT2D eigenvalue weighted by Gasteiger charge is 2.34. The van der Waals surface area contributed by atoms with E-state index in [-0.39, 0.29) is 24.5 Å². The molecule has 0 saturated carbocycles. The molecule has 3 aromatic rings. The van der Waals surface area contributed by atoms with Crippen LogP contribution in [0.4, 0.5) is 10.8 Å². The third kappa shape index (κ3) is 3.72. The molecular weight excluding hydrogens is 416 g/mol. The molecule has 0 bridgehead atoms. The summed E-state index contributed by atoms with van der Waals surface area (Å²) in [7, 11) is 0. The van der Waals surface area contributed by atoms with Crippen LogP contribution in [0.3, 0.4) is 0 Å². The van der Waals surface area contributed by atoms with Gasteiger partial charge >= 0.3 is 0 Å². The monoisotopic (exact) mass is 436 g/mol. The molecule has 0 aliphatic carbocycles. The molecule has 3 heterocycles. The zero-order valence-electron chi connectivity index (χ0n) is 17.0. The summed E-state index contributed by atoms with van der Waals surface area (Å²) < 4.78 is 10.6. The van der Waals surface area contributed by atoms with Gasteiger partial charge in [0.15, 0.2) is 11.5 Å².